The number of rotatable bonds is 6. The van der Waals surface area contributed by atoms with Gasteiger partial charge in [0.25, 0.3) is 5.91 Å². The number of aromatic nitrogens is 4. The van der Waals surface area contributed by atoms with Crippen molar-refractivity contribution < 1.29 is 19.4 Å². The first-order valence-electron chi connectivity index (χ1n) is 8.62. The average molecular weight is 383 g/mol. The molecule has 2 aromatic heterocycles. The number of H-pyrrole nitrogens is 1. The molecule has 0 fully saturated rings. The number of amides is 1. The predicted octanol–water partition coefficient (Wildman–Crippen LogP) is 1.43. The largest absolute Gasteiger partial charge is 0.504 e. The maximum atomic E-state index is 12.6. The Morgan fingerprint density at radius 1 is 1.36 bits per heavy atom. The molecule has 28 heavy (non-hydrogen) atoms. The molecular weight excluding hydrogens is 362 g/mol. The van der Waals surface area contributed by atoms with Gasteiger partial charge < -0.3 is 20.1 Å². The normalized spacial score (nSPS) is 11.8. The summed E-state index contributed by atoms with van der Waals surface area (Å²) >= 11 is 0. The Bertz CT molecular complexity index is 994. The van der Waals surface area contributed by atoms with Gasteiger partial charge in [0.2, 0.25) is 0 Å². The molecule has 146 valence electrons. The Labute approximate surface area is 161 Å². The van der Waals surface area contributed by atoms with Crippen molar-refractivity contribution in [1.29, 1.82) is 0 Å². The van der Waals surface area contributed by atoms with Gasteiger partial charge in [0.05, 0.1) is 25.3 Å². The van der Waals surface area contributed by atoms with Crippen molar-refractivity contribution in [3.63, 3.8) is 0 Å². The fraction of sp³-hybridized carbons (Fsp3) is 0.263. The van der Waals surface area contributed by atoms with Crippen LogP contribution in [0.5, 0.6) is 5.75 Å². The SMILES string of the molecule is COC(=O)[C@H](Cc1cnc[nH]1)NC(=O)c1nn(-c2cccc(C)c2C)cc1O. The number of hydrogen-bond donors (Lipinski definition) is 3. The molecule has 3 rings (SSSR count). The maximum Gasteiger partial charge on any atom is 0.328 e. The highest BCUT2D eigenvalue weighted by molar-refractivity contribution is 5.97. The lowest BCUT2D eigenvalue weighted by Crippen LogP contribution is -2.43. The molecule has 9 heteroatoms. The van der Waals surface area contributed by atoms with Gasteiger partial charge in [-0.15, -0.1) is 0 Å². The van der Waals surface area contributed by atoms with E-state index in [1.807, 2.05) is 32.0 Å². The van der Waals surface area contributed by atoms with E-state index in [0.29, 0.717) is 5.69 Å². The minimum absolute atomic E-state index is 0.164. The van der Waals surface area contributed by atoms with Crippen molar-refractivity contribution >= 4 is 11.9 Å². The molecule has 1 amide bonds. The second-order valence-electron chi connectivity index (χ2n) is 6.36. The fourth-order valence-electron chi connectivity index (χ4n) is 2.81. The second kappa shape index (κ2) is 7.95. The van der Waals surface area contributed by atoms with E-state index in [9.17, 15) is 14.7 Å². The van der Waals surface area contributed by atoms with Gasteiger partial charge >= 0.3 is 5.97 Å². The van der Waals surface area contributed by atoms with Crippen LogP contribution >= 0.6 is 0 Å². The van der Waals surface area contributed by atoms with Crippen LogP contribution in [-0.2, 0) is 16.0 Å². The van der Waals surface area contributed by atoms with Crippen LogP contribution in [0.3, 0.4) is 0 Å². The van der Waals surface area contributed by atoms with Crippen LogP contribution in [0.25, 0.3) is 5.69 Å². The topological polar surface area (TPSA) is 122 Å². The lowest BCUT2D eigenvalue weighted by molar-refractivity contribution is -0.142. The van der Waals surface area contributed by atoms with Gasteiger partial charge in [-0.2, -0.15) is 5.10 Å². The highest BCUT2D eigenvalue weighted by Crippen LogP contribution is 2.22. The predicted molar refractivity (Wildman–Crippen MR) is 100 cm³/mol. The number of imidazole rings is 1. The molecule has 0 aliphatic rings. The molecule has 2 heterocycles. The van der Waals surface area contributed by atoms with Crippen molar-refractivity contribution in [1.82, 2.24) is 25.1 Å². The van der Waals surface area contributed by atoms with Crippen molar-refractivity contribution in [2.45, 2.75) is 26.3 Å². The number of aryl methyl sites for hydroxylation is 1. The first kappa shape index (κ1) is 19.2. The zero-order valence-corrected chi connectivity index (χ0v) is 15.8. The van der Waals surface area contributed by atoms with Crippen LogP contribution in [0.4, 0.5) is 0 Å². The summed E-state index contributed by atoms with van der Waals surface area (Å²) in [5.41, 5.74) is 3.25. The first-order valence-corrected chi connectivity index (χ1v) is 8.62. The number of benzene rings is 1. The van der Waals surface area contributed by atoms with Gasteiger partial charge in [-0.1, -0.05) is 12.1 Å². The van der Waals surface area contributed by atoms with Gasteiger partial charge in [-0.05, 0) is 31.0 Å². The van der Waals surface area contributed by atoms with Crippen LogP contribution in [0.1, 0.15) is 27.3 Å². The van der Waals surface area contributed by atoms with E-state index >= 15 is 0 Å². The summed E-state index contributed by atoms with van der Waals surface area (Å²) in [5, 5.41) is 17.0. The number of nitrogens with one attached hydrogen (secondary N) is 2. The standard InChI is InChI=1S/C19H21N5O4/c1-11-5-4-6-15(12(11)2)24-9-16(25)17(23-24)18(26)22-14(19(27)28-3)7-13-8-20-10-21-13/h4-6,8-10,14,25H,7H2,1-3H3,(H,20,21)(H,22,26)/t14-/m0/s1. The quantitative estimate of drug-likeness (QED) is 0.554. The zero-order valence-electron chi connectivity index (χ0n) is 15.8. The highest BCUT2D eigenvalue weighted by atomic mass is 16.5. The molecule has 9 nitrogen and oxygen atoms in total. The number of hydrogen-bond acceptors (Lipinski definition) is 6. The number of nitrogens with zero attached hydrogens (tertiary/aromatic N) is 3. The first-order chi connectivity index (χ1) is 13.4. The molecule has 0 saturated carbocycles. The van der Waals surface area contributed by atoms with Crippen LogP contribution in [0.2, 0.25) is 0 Å². The summed E-state index contributed by atoms with van der Waals surface area (Å²) in [5.74, 6) is -1.59. The molecule has 1 aromatic carbocycles. The van der Waals surface area contributed by atoms with E-state index in [1.165, 1.54) is 24.3 Å². The van der Waals surface area contributed by atoms with E-state index in [1.54, 1.807) is 6.20 Å². The van der Waals surface area contributed by atoms with Crippen molar-refractivity contribution in [2.24, 2.45) is 0 Å². The van der Waals surface area contributed by atoms with Crippen LogP contribution in [0, 0.1) is 13.8 Å². The molecule has 0 aliphatic heterocycles. The van der Waals surface area contributed by atoms with Gasteiger partial charge in [0.1, 0.15) is 6.04 Å². The lowest BCUT2D eigenvalue weighted by Gasteiger charge is -2.15. The molecule has 0 unspecified atom stereocenters. The summed E-state index contributed by atoms with van der Waals surface area (Å²) < 4.78 is 6.19. The van der Waals surface area contributed by atoms with E-state index in [-0.39, 0.29) is 17.9 Å². The third-order valence-electron chi connectivity index (χ3n) is 4.50. The summed E-state index contributed by atoms with van der Waals surface area (Å²) in [6.07, 6.45) is 4.55. The van der Waals surface area contributed by atoms with Crippen LogP contribution in [-0.4, -0.2) is 49.9 Å². The summed E-state index contributed by atoms with van der Waals surface area (Å²) in [6.45, 7) is 3.90. The van der Waals surface area contributed by atoms with E-state index in [4.69, 9.17) is 4.74 Å². The Balaban J connectivity index is 1.84. The third kappa shape index (κ3) is 3.88. The van der Waals surface area contributed by atoms with Gasteiger partial charge in [-0.25, -0.2) is 14.5 Å². The van der Waals surface area contributed by atoms with Crippen molar-refractivity contribution in [2.75, 3.05) is 7.11 Å². The number of esters is 1. The Kier molecular flexibility index (Phi) is 5.44. The molecule has 0 saturated heterocycles. The number of aromatic amines is 1. The lowest BCUT2D eigenvalue weighted by atomic mass is 10.1. The smallest absolute Gasteiger partial charge is 0.328 e. The molecule has 0 aliphatic carbocycles. The third-order valence-corrected chi connectivity index (χ3v) is 4.50. The summed E-state index contributed by atoms with van der Waals surface area (Å²) in [7, 11) is 1.24. The highest BCUT2D eigenvalue weighted by Gasteiger charge is 2.26. The second-order valence-corrected chi connectivity index (χ2v) is 6.36. The van der Waals surface area contributed by atoms with E-state index in [2.05, 4.69) is 20.4 Å². The molecule has 0 spiro atoms. The average Bonchev–Trinajstić information content (AvgIpc) is 3.32. The molecule has 1 atom stereocenters. The summed E-state index contributed by atoms with van der Waals surface area (Å²) in [6, 6.07) is 4.72. The molecule has 0 radical (unpaired) electrons. The molecular formula is C19H21N5O4. The minimum Gasteiger partial charge on any atom is -0.504 e. The van der Waals surface area contributed by atoms with Gasteiger partial charge in [0.15, 0.2) is 11.4 Å². The van der Waals surface area contributed by atoms with E-state index < -0.39 is 17.9 Å². The monoisotopic (exact) mass is 383 g/mol. The summed E-state index contributed by atoms with van der Waals surface area (Å²) in [4.78, 5) is 31.4. The fourth-order valence-corrected chi connectivity index (χ4v) is 2.81. The molecule has 3 aromatic rings. The Morgan fingerprint density at radius 3 is 2.82 bits per heavy atom. The Morgan fingerprint density at radius 2 is 2.14 bits per heavy atom. The van der Waals surface area contributed by atoms with E-state index in [0.717, 1.165) is 16.8 Å². The minimum atomic E-state index is -0.955. The number of methoxy groups -OCH3 is 1. The van der Waals surface area contributed by atoms with Gasteiger partial charge in [-0.3, -0.25) is 4.79 Å². The van der Waals surface area contributed by atoms with Crippen LogP contribution < -0.4 is 5.32 Å². The number of ether oxygens (including phenoxy) is 1. The van der Waals surface area contributed by atoms with Crippen molar-refractivity contribution in [3.8, 4) is 11.4 Å². The number of aromatic hydroxyl groups is 1. The van der Waals surface area contributed by atoms with Crippen LogP contribution in [0.15, 0.2) is 36.9 Å². The molecule has 3 N–H and O–H groups in total. The van der Waals surface area contributed by atoms with Crippen molar-refractivity contribution in [3.05, 3.63) is 59.4 Å². The number of carbonyl (C=O) groups is 2. The zero-order chi connectivity index (χ0) is 20.3. The molecule has 0 bridgehead atoms. The maximum absolute atomic E-state index is 12.6. The number of carbonyl (C=O) groups excluding carboxylic acids is 2. The Hall–Kier alpha value is -3.62. The van der Waals surface area contributed by atoms with Gasteiger partial charge in [0, 0.05) is 18.3 Å².